The summed E-state index contributed by atoms with van der Waals surface area (Å²) in [6.07, 6.45) is 10.4. The van der Waals surface area contributed by atoms with Gasteiger partial charge in [0.2, 0.25) is 0 Å². The van der Waals surface area contributed by atoms with E-state index in [1.54, 1.807) is 0 Å². The third kappa shape index (κ3) is 1.95. The smallest absolute Gasteiger partial charge is 0.309 e. The number of aliphatic carboxylic acids is 1. The fraction of sp³-hybridized carbons (Fsp3) is 0.950. The first kappa shape index (κ1) is 15.9. The van der Waals surface area contributed by atoms with Gasteiger partial charge in [-0.15, -0.1) is 0 Å². The predicted molar refractivity (Wildman–Crippen MR) is 88.9 cm³/mol. The molecule has 0 aromatic rings. The molecule has 23 heavy (non-hydrogen) atoms. The number of fused-ring (bicyclic) bond motifs is 3. The lowest BCUT2D eigenvalue weighted by Crippen LogP contribution is -2.58. The second-order valence-electron chi connectivity index (χ2n) is 9.78. The van der Waals surface area contributed by atoms with E-state index in [1.165, 1.54) is 38.5 Å². The van der Waals surface area contributed by atoms with Gasteiger partial charge in [-0.25, -0.2) is 0 Å². The van der Waals surface area contributed by atoms with Gasteiger partial charge in [0, 0.05) is 6.61 Å². The number of carboxylic acid groups (broad SMARTS) is 1. The zero-order chi connectivity index (χ0) is 16.5. The standard InChI is InChI=1S/C20H32O3/c1-18-7-3-8-19(2,17(22)23)15(18)6-9-20-10-13(4-5-16(18)20)14(11-20)12-21/h13-16,21H,3-12H2,1-2H3,(H,22,23)/t13-,14-,15+,16+,18+,19+,20+/m0/s1. The van der Waals surface area contributed by atoms with Gasteiger partial charge in [-0.2, -0.15) is 0 Å². The molecular formula is C20H32O3. The lowest BCUT2D eigenvalue weighted by molar-refractivity contribution is -0.181. The Kier molecular flexibility index (Phi) is 3.44. The number of hydrogen-bond donors (Lipinski definition) is 2. The molecular weight excluding hydrogens is 288 g/mol. The molecule has 0 heterocycles. The van der Waals surface area contributed by atoms with E-state index >= 15 is 0 Å². The van der Waals surface area contributed by atoms with Gasteiger partial charge in [-0.1, -0.05) is 13.3 Å². The SMILES string of the molecule is C[C@@]12CCC[C@@](C)(C(=O)O)[C@@H]1CC[C@@]13C[C@@H](CO)[C@@H](CC[C@@H]12)C3. The second-order valence-corrected chi connectivity index (χ2v) is 9.78. The molecule has 7 atom stereocenters. The van der Waals surface area contributed by atoms with E-state index in [-0.39, 0.29) is 5.41 Å². The van der Waals surface area contributed by atoms with Crippen LogP contribution in [0, 0.1) is 39.9 Å². The molecule has 4 saturated carbocycles. The first-order valence-corrected chi connectivity index (χ1v) is 9.70. The van der Waals surface area contributed by atoms with Crippen molar-refractivity contribution in [1.29, 1.82) is 0 Å². The molecule has 4 aliphatic carbocycles. The Balaban J connectivity index is 1.71. The van der Waals surface area contributed by atoms with Crippen molar-refractivity contribution in [2.24, 2.45) is 39.9 Å². The Bertz CT molecular complexity index is 517. The van der Waals surface area contributed by atoms with Crippen LogP contribution in [0.15, 0.2) is 0 Å². The Hall–Kier alpha value is -0.570. The van der Waals surface area contributed by atoms with E-state index in [9.17, 15) is 15.0 Å². The van der Waals surface area contributed by atoms with Crippen LogP contribution in [0.25, 0.3) is 0 Å². The molecule has 0 aromatic carbocycles. The van der Waals surface area contributed by atoms with Crippen LogP contribution in [0.4, 0.5) is 0 Å². The maximum absolute atomic E-state index is 12.1. The number of carboxylic acids is 1. The molecule has 4 aliphatic rings. The normalized spacial score (nSPS) is 55.1. The summed E-state index contributed by atoms with van der Waals surface area (Å²) in [6.45, 7) is 4.80. The highest BCUT2D eigenvalue weighted by Crippen LogP contribution is 2.72. The Morgan fingerprint density at radius 3 is 2.52 bits per heavy atom. The molecule has 0 radical (unpaired) electrons. The summed E-state index contributed by atoms with van der Waals surface area (Å²) >= 11 is 0. The summed E-state index contributed by atoms with van der Waals surface area (Å²) in [4.78, 5) is 12.1. The predicted octanol–water partition coefficient (Wildman–Crippen LogP) is 4.09. The molecule has 0 amide bonds. The summed E-state index contributed by atoms with van der Waals surface area (Å²) in [5.74, 6) is 1.68. The summed E-state index contributed by atoms with van der Waals surface area (Å²) < 4.78 is 0. The topological polar surface area (TPSA) is 57.5 Å². The van der Waals surface area contributed by atoms with E-state index in [4.69, 9.17) is 0 Å². The van der Waals surface area contributed by atoms with Gasteiger partial charge < -0.3 is 10.2 Å². The highest BCUT2D eigenvalue weighted by molar-refractivity contribution is 5.75. The van der Waals surface area contributed by atoms with Crippen molar-refractivity contribution in [2.45, 2.75) is 71.6 Å². The van der Waals surface area contributed by atoms with Crippen molar-refractivity contribution in [3.05, 3.63) is 0 Å². The van der Waals surface area contributed by atoms with Crippen LogP contribution in [0.5, 0.6) is 0 Å². The number of carbonyl (C=O) groups is 1. The zero-order valence-corrected chi connectivity index (χ0v) is 14.7. The largest absolute Gasteiger partial charge is 0.481 e. The Morgan fingerprint density at radius 2 is 1.83 bits per heavy atom. The van der Waals surface area contributed by atoms with Crippen molar-refractivity contribution in [3.8, 4) is 0 Å². The molecule has 2 N–H and O–H groups in total. The van der Waals surface area contributed by atoms with Crippen molar-refractivity contribution in [1.82, 2.24) is 0 Å². The van der Waals surface area contributed by atoms with Gasteiger partial charge in [-0.3, -0.25) is 4.79 Å². The first-order chi connectivity index (χ1) is 10.9. The van der Waals surface area contributed by atoms with E-state index in [0.29, 0.717) is 29.8 Å². The minimum Gasteiger partial charge on any atom is -0.481 e. The molecule has 4 rings (SSSR count). The number of aliphatic hydroxyl groups excluding tert-OH is 1. The van der Waals surface area contributed by atoms with Crippen LogP contribution < -0.4 is 0 Å². The van der Waals surface area contributed by atoms with Crippen molar-refractivity contribution >= 4 is 5.97 Å². The summed E-state index contributed by atoms with van der Waals surface area (Å²) in [6, 6.07) is 0. The van der Waals surface area contributed by atoms with Gasteiger partial charge in [0.25, 0.3) is 0 Å². The average Bonchev–Trinajstić information content (AvgIpc) is 2.77. The maximum atomic E-state index is 12.1. The number of rotatable bonds is 2. The monoisotopic (exact) mass is 320 g/mol. The van der Waals surface area contributed by atoms with E-state index in [0.717, 1.165) is 25.2 Å². The Labute approximate surface area is 139 Å². The van der Waals surface area contributed by atoms with Crippen molar-refractivity contribution in [2.75, 3.05) is 6.61 Å². The molecule has 0 aromatic heterocycles. The van der Waals surface area contributed by atoms with Crippen LogP contribution in [0.2, 0.25) is 0 Å². The number of hydrogen-bond acceptors (Lipinski definition) is 2. The fourth-order valence-corrected chi connectivity index (χ4v) is 8.06. The summed E-state index contributed by atoms with van der Waals surface area (Å²) in [5.41, 5.74) is 0.0811. The van der Waals surface area contributed by atoms with Crippen LogP contribution in [-0.4, -0.2) is 22.8 Å². The van der Waals surface area contributed by atoms with Crippen molar-refractivity contribution < 1.29 is 15.0 Å². The lowest BCUT2D eigenvalue weighted by Gasteiger charge is -2.63. The molecule has 130 valence electrons. The molecule has 3 nitrogen and oxygen atoms in total. The quantitative estimate of drug-likeness (QED) is 0.805. The van der Waals surface area contributed by atoms with E-state index in [1.807, 2.05) is 6.92 Å². The third-order valence-electron chi connectivity index (χ3n) is 9.00. The van der Waals surface area contributed by atoms with Gasteiger partial charge in [0.05, 0.1) is 5.41 Å². The second kappa shape index (κ2) is 4.97. The zero-order valence-electron chi connectivity index (χ0n) is 14.7. The molecule has 0 unspecified atom stereocenters. The molecule has 0 saturated heterocycles. The van der Waals surface area contributed by atoms with Gasteiger partial charge >= 0.3 is 5.97 Å². The van der Waals surface area contributed by atoms with Gasteiger partial charge in [-0.05, 0) is 92.8 Å². The molecule has 1 spiro atoms. The average molecular weight is 320 g/mol. The number of aliphatic hydroxyl groups is 1. The summed E-state index contributed by atoms with van der Waals surface area (Å²) in [7, 11) is 0. The van der Waals surface area contributed by atoms with Crippen LogP contribution >= 0.6 is 0 Å². The third-order valence-corrected chi connectivity index (χ3v) is 9.00. The lowest BCUT2D eigenvalue weighted by atomic mass is 9.41. The van der Waals surface area contributed by atoms with Gasteiger partial charge in [0.15, 0.2) is 0 Å². The van der Waals surface area contributed by atoms with Crippen LogP contribution in [0.3, 0.4) is 0 Å². The minimum atomic E-state index is -0.572. The van der Waals surface area contributed by atoms with E-state index in [2.05, 4.69) is 6.92 Å². The minimum absolute atomic E-state index is 0.193. The fourth-order valence-electron chi connectivity index (χ4n) is 8.06. The Morgan fingerprint density at radius 1 is 1.04 bits per heavy atom. The molecule has 3 heteroatoms. The highest BCUT2D eigenvalue weighted by atomic mass is 16.4. The highest BCUT2D eigenvalue weighted by Gasteiger charge is 2.65. The maximum Gasteiger partial charge on any atom is 0.309 e. The first-order valence-electron chi connectivity index (χ1n) is 9.70. The molecule has 4 fully saturated rings. The molecule has 0 aliphatic heterocycles. The van der Waals surface area contributed by atoms with Crippen LogP contribution in [-0.2, 0) is 4.79 Å². The van der Waals surface area contributed by atoms with Crippen LogP contribution in [0.1, 0.15) is 71.6 Å². The van der Waals surface area contributed by atoms with Crippen molar-refractivity contribution in [3.63, 3.8) is 0 Å². The van der Waals surface area contributed by atoms with E-state index < -0.39 is 11.4 Å². The summed E-state index contributed by atoms with van der Waals surface area (Å²) in [5, 5.41) is 19.7. The van der Waals surface area contributed by atoms with Gasteiger partial charge in [0.1, 0.15) is 0 Å². The molecule has 2 bridgehead atoms.